The Morgan fingerprint density at radius 3 is 2.46 bits per heavy atom. The van der Waals surface area contributed by atoms with Crippen LogP contribution in [0.2, 0.25) is 0 Å². The number of nitrogen functional groups attached to an aromatic ring is 1. The fraction of sp³-hybridized carbons (Fsp3) is 0.211. The summed E-state index contributed by atoms with van der Waals surface area (Å²) in [6.07, 6.45) is 1.49. The van der Waals surface area contributed by atoms with Gasteiger partial charge < -0.3 is 11.1 Å². The molecular formula is C19H21N7. The number of hydrogen-bond donors (Lipinski definition) is 2. The van der Waals surface area contributed by atoms with Gasteiger partial charge in [0, 0.05) is 36.6 Å². The first-order valence-electron chi connectivity index (χ1n) is 8.42. The molecule has 26 heavy (non-hydrogen) atoms. The summed E-state index contributed by atoms with van der Waals surface area (Å²) in [6, 6.07) is 10.3. The summed E-state index contributed by atoms with van der Waals surface area (Å²) in [5.41, 5.74) is 14.2. The fourth-order valence-electron chi connectivity index (χ4n) is 3.43. The highest BCUT2D eigenvalue weighted by Gasteiger charge is 2.21. The summed E-state index contributed by atoms with van der Waals surface area (Å²) >= 11 is 0. The lowest BCUT2D eigenvalue weighted by Gasteiger charge is -2.05. The first-order valence-corrected chi connectivity index (χ1v) is 8.42. The Morgan fingerprint density at radius 1 is 1.12 bits per heavy atom. The van der Waals surface area contributed by atoms with Crippen LogP contribution in [0.3, 0.4) is 0 Å². The van der Waals surface area contributed by atoms with Crippen molar-refractivity contribution in [3.05, 3.63) is 48.0 Å². The summed E-state index contributed by atoms with van der Waals surface area (Å²) in [4.78, 5) is 4.20. The molecule has 0 unspecified atom stereocenters. The zero-order valence-electron chi connectivity index (χ0n) is 15.3. The van der Waals surface area contributed by atoms with Gasteiger partial charge in [-0.1, -0.05) is 12.1 Å². The molecule has 4 rings (SSSR count). The Balaban J connectivity index is 2.03. The molecule has 7 heteroatoms. The third-order valence-electron chi connectivity index (χ3n) is 4.83. The van der Waals surface area contributed by atoms with Crippen molar-refractivity contribution in [2.75, 3.05) is 18.1 Å². The van der Waals surface area contributed by atoms with Crippen molar-refractivity contribution < 1.29 is 0 Å². The number of rotatable bonds is 3. The van der Waals surface area contributed by atoms with Crippen molar-refractivity contribution in [1.29, 1.82) is 0 Å². The number of fused-ring (bicyclic) bond motifs is 1. The summed E-state index contributed by atoms with van der Waals surface area (Å²) < 4.78 is 3.75. The van der Waals surface area contributed by atoms with Gasteiger partial charge in [-0.05, 0) is 37.6 Å². The standard InChI is InChI=1S/C19H21N7/c1-11-17(12(2)25(4)24-11)16-9-15(13-5-7-14(21-3)8-6-13)18-19(20)22-10-23-26(16)18/h5-10,21H,1-4H3,(H2,20,22,23). The van der Waals surface area contributed by atoms with Crippen molar-refractivity contribution in [3.8, 4) is 22.4 Å². The van der Waals surface area contributed by atoms with Crippen molar-refractivity contribution in [2.45, 2.75) is 13.8 Å². The lowest BCUT2D eigenvalue weighted by atomic mass is 10.0. The summed E-state index contributed by atoms with van der Waals surface area (Å²) in [6.45, 7) is 4.06. The SMILES string of the molecule is CNc1ccc(-c2cc(-c3c(C)nn(C)c3C)n3ncnc(N)c23)cc1. The average Bonchev–Trinajstić information content (AvgIpc) is 3.13. The number of nitrogens with two attached hydrogens (primary N) is 1. The number of aryl methyl sites for hydroxylation is 2. The molecule has 0 saturated carbocycles. The molecule has 0 fully saturated rings. The van der Waals surface area contributed by atoms with Crippen LogP contribution in [0.15, 0.2) is 36.7 Å². The van der Waals surface area contributed by atoms with E-state index >= 15 is 0 Å². The molecule has 3 heterocycles. The van der Waals surface area contributed by atoms with Gasteiger partial charge in [0.25, 0.3) is 0 Å². The molecule has 4 aromatic rings. The van der Waals surface area contributed by atoms with E-state index in [-0.39, 0.29) is 0 Å². The predicted octanol–water partition coefficient (Wildman–Crippen LogP) is 3.04. The van der Waals surface area contributed by atoms with Crippen LogP contribution in [0.5, 0.6) is 0 Å². The van der Waals surface area contributed by atoms with Gasteiger partial charge in [0.05, 0.1) is 11.4 Å². The van der Waals surface area contributed by atoms with Crippen molar-refractivity contribution in [1.82, 2.24) is 24.4 Å². The molecule has 0 spiro atoms. The summed E-state index contributed by atoms with van der Waals surface area (Å²) in [5, 5.41) is 12.1. The van der Waals surface area contributed by atoms with Gasteiger partial charge in [0.1, 0.15) is 11.8 Å². The largest absolute Gasteiger partial charge is 0.388 e. The van der Waals surface area contributed by atoms with E-state index in [0.29, 0.717) is 5.82 Å². The van der Waals surface area contributed by atoms with E-state index in [1.54, 1.807) is 0 Å². The highest BCUT2D eigenvalue weighted by Crippen LogP contribution is 2.36. The number of aromatic nitrogens is 5. The number of benzene rings is 1. The minimum Gasteiger partial charge on any atom is -0.388 e. The topological polar surface area (TPSA) is 86.1 Å². The Bertz CT molecular complexity index is 1100. The molecule has 0 saturated heterocycles. The van der Waals surface area contributed by atoms with Crippen LogP contribution in [0.25, 0.3) is 27.9 Å². The number of anilines is 2. The molecule has 3 N–H and O–H groups in total. The third kappa shape index (κ3) is 2.32. The second kappa shape index (κ2) is 5.87. The maximum Gasteiger partial charge on any atom is 0.152 e. The van der Waals surface area contributed by atoms with E-state index in [0.717, 1.165) is 45.0 Å². The molecule has 0 radical (unpaired) electrons. The number of nitrogens with one attached hydrogen (secondary N) is 1. The van der Waals surface area contributed by atoms with Crippen molar-refractivity contribution in [2.24, 2.45) is 7.05 Å². The van der Waals surface area contributed by atoms with Crippen LogP contribution < -0.4 is 11.1 Å². The van der Waals surface area contributed by atoms with Gasteiger partial charge >= 0.3 is 0 Å². The van der Waals surface area contributed by atoms with E-state index < -0.39 is 0 Å². The van der Waals surface area contributed by atoms with Gasteiger partial charge in [-0.2, -0.15) is 10.2 Å². The third-order valence-corrected chi connectivity index (χ3v) is 4.83. The first-order chi connectivity index (χ1) is 12.5. The molecule has 3 aromatic heterocycles. The Morgan fingerprint density at radius 2 is 1.85 bits per heavy atom. The van der Waals surface area contributed by atoms with Gasteiger partial charge in [-0.25, -0.2) is 9.50 Å². The second-order valence-corrected chi connectivity index (χ2v) is 6.35. The maximum absolute atomic E-state index is 6.22. The first kappa shape index (κ1) is 16.1. The molecule has 0 aliphatic carbocycles. The smallest absolute Gasteiger partial charge is 0.152 e. The highest BCUT2D eigenvalue weighted by molar-refractivity contribution is 5.92. The lowest BCUT2D eigenvalue weighted by Crippen LogP contribution is -2.01. The van der Waals surface area contributed by atoms with Crippen molar-refractivity contribution in [3.63, 3.8) is 0 Å². The minimum atomic E-state index is 0.457. The molecular weight excluding hydrogens is 326 g/mol. The fourth-order valence-corrected chi connectivity index (χ4v) is 3.43. The van der Waals surface area contributed by atoms with Gasteiger partial charge in [-0.15, -0.1) is 0 Å². The molecule has 0 amide bonds. The van der Waals surface area contributed by atoms with Crippen LogP contribution in [0, 0.1) is 13.8 Å². The van der Waals surface area contributed by atoms with Crippen molar-refractivity contribution >= 4 is 17.0 Å². The summed E-state index contributed by atoms with van der Waals surface area (Å²) in [7, 11) is 3.85. The zero-order chi connectivity index (χ0) is 18.4. The maximum atomic E-state index is 6.22. The van der Waals surface area contributed by atoms with E-state index in [1.165, 1.54) is 6.33 Å². The van der Waals surface area contributed by atoms with Crippen LogP contribution in [0.1, 0.15) is 11.4 Å². The van der Waals surface area contributed by atoms with Crippen LogP contribution in [0.4, 0.5) is 11.5 Å². The van der Waals surface area contributed by atoms with Gasteiger partial charge in [-0.3, -0.25) is 4.68 Å². The molecule has 0 atom stereocenters. The van der Waals surface area contributed by atoms with Crippen LogP contribution in [-0.2, 0) is 7.05 Å². The number of hydrogen-bond acceptors (Lipinski definition) is 5. The molecule has 0 aliphatic rings. The van der Waals surface area contributed by atoms with Gasteiger partial charge in [0.15, 0.2) is 5.82 Å². The average molecular weight is 347 g/mol. The molecule has 132 valence electrons. The summed E-state index contributed by atoms with van der Waals surface area (Å²) in [5.74, 6) is 0.457. The molecule has 1 aromatic carbocycles. The van der Waals surface area contributed by atoms with Gasteiger partial charge in [0.2, 0.25) is 0 Å². The van der Waals surface area contributed by atoms with E-state index in [9.17, 15) is 0 Å². The highest BCUT2D eigenvalue weighted by atomic mass is 15.3. The van der Waals surface area contributed by atoms with E-state index in [4.69, 9.17) is 5.73 Å². The molecule has 0 bridgehead atoms. The zero-order valence-corrected chi connectivity index (χ0v) is 15.3. The quantitative estimate of drug-likeness (QED) is 0.595. The van der Waals surface area contributed by atoms with Crippen LogP contribution >= 0.6 is 0 Å². The Kier molecular flexibility index (Phi) is 3.64. The Hall–Kier alpha value is -3.35. The monoisotopic (exact) mass is 347 g/mol. The predicted molar refractivity (Wildman–Crippen MR) is 104 cm³/mol. The normalized spacial score (nSPS) is 11.2. The lowest BCUT2D eigenvalue weighted by molar-refractivity contribution is 0.731. The van der Waals surface area contributed by atoms with E-state index in [1.807, 2.05) is 42.3 Å². The van der Waals surface area contributed by atoms with E-state index in [2.05, 4.69) is 45.6 Å². The molecule has 0 aliphatic heterocycles. The number of nitrogens with zero attached hydrogens (tertiary/aromatic N) is 5. The Labute approximate surface area is 151 Å². The molecule has 7 nitrogen and oxygen atoms in total. The van der Waals surface area contributed by atoms with Crippen LogP contribution in [-0.4, -0.2) is 31.4 Å². The second-order valence-electron chi connectivity index (χ2n) is 6.35. The minimum absolute atomic E-state index is 0.457.